The van der Waals surface area contributed by atoms with E-state index in [9.17, 15) is 10.1 Å². The summed E-state index contributed by atoms with van der Waals surface area (Å²) in [6.45, 7) is 4.07. The minimum Gasteiger partial charge on any atom is -0.339 e. The van der Waals surface area contributed by atoms with Gasteiger partial charge >= 0.3 is 0 Å². The molecular formula is C16H20ClN3OS. The van der Waals surface area contributed by atoms with Crippen LogP contribution in [-0.4, -0.2) is 41.9 Å². The van der Waals surface area contributed by atoms with E-state index in [0.717, 1.165) is 62.7 Å². The molecule has 1 aliphatic carbocycles. The van der Waals surface area contributed by atoms with Gasteiger partial charge in [-0.25, -0.2) is 0 Å². The lowest BCUT2D eigenvalue weighted by Crippen LogP contribution is -2.52. The average molecular weight is 338 g/mol. The van der Waals surface area contributed by atoms with Crippen molar-refractivity contribution in [2.75, 3.05) is 26.2 Å². The Balaban J connectivity index is 1.55. The molecular weight excluding hydrogens is 318 g/mol. The first-order chi connectivity index (χ1) is 10.6. The molecule has 1 saturated carbocycles. The molecule has 0 unspecified atom stereocenters. The molecule has 2 heterocycles. The molecule has 6 heteroatoms. The number of carbonyl (C=O) groups is 1. The van der Waals surface area contributed by atoms with Gasteiger partial charge < -0.3 is 4.90 Å². The number of thiophene rings is 1. The third-order valence-electron chi connectivity index (χ3n) is 4.75. The van der Waals surface area contributed by atoms with E-state index in [4.69, 9.17) is 11.6 Å². The third kappa shape index (κ3) is 3.15. The number of hydrogen-bond acceptors (Lipinski definition) is 4. The number of nitriles is 1. The predicted molar refractivity (Wildman–Crippen MR) is 87.7 cm³/mol. The fourth-order valence-electron chi connectivity index (χ4n) is 3.42. The molecule has 0 radical (unpaired) electrons. The summed E-state index contributed by atoms with van der Waals surface area (Å²) in [5.74, 6) is 0.0614. The number of rotatable bonds is 3. The highest BCUT2D eigenvalue weighted by Gasteiger charge is 2.44. The molecule has 0 aromatic carbocycles. The highest BCUT2D eigenvalue weighted by molar-refractivity contribution is 7.16. The van der Waals surface area contributed by atoms with Gasteiger partial charge in [0.15, 0.2) is 0 Å². The molecule has 1 amide bonds. The average Bonchev–Trinajstić information content (AvgIpc) is 3.17. The van der Waals surface area contributed by atoms with E-state index in [-0.39, 0.29) is 5.91 Å². The summed E-state index contributed by atoms with van der Waals surface area (Å²) in [5, 5.41) is 9.45. The molecule has 1 aromatic heterocycles. The maximum Gasteiger partial charge on any atom is 0.243 e. The van der Waals surface area contributed by atoms with E-state index in [0.29, 0.717) is 0 Å². The predicted octanol–water partition coefficient (Wildman–Crippen LogP) is 3.13. The van der Waals surface area contributed by atoms with Crippen molar-refractivity contribution < 1.29 is 4.79 Å². The van der Waals surface area contributed by atoms with Gasteiger partial charge in [-0.3, -0.25) is 9.69 Å². The van der Waals surface area contributed by atoms with Crippen LogP contribution >= 0.6 is 22.9 Å². The topological polar surface area (TPSA) is 47.3 Å². The van der Waals surface area contributed by atoms with Crippen LogP contribution in [0.1, 0.15) is 30.6 Å². The highest BCUT2D eigenvalue weighted by Crippen LogP contribution is 2.39. The summed E-state index contributed by atoms with van der Waals surface area (Å²) in [6.07, 6.45) is 3.46. The van der Waals surface area contributed by atoms with E-state index in [1.807, 2.05) is 11.0 Å². The van der Waals surface area contributed by atoms with Crippen LogP contribution in [0.5, 0.6) is 0 Å². The van der Waals surface area contributed by atoms with Crippen LogP contribution in [0.15, 0.2) is 12.1 Å². The van der Waals surface area contributed by atoms with E-state index < -0.39 is 5.41 Å². The molecule has 1 aliphatic heterocycles. The van der Waals surface area contributed by atoms with E-state index >= 15 is 0 Å². The van der Waals surface area contributed by atoms with Gasteiger partial charge in [0, 0.05) is 37.6 Å². The lowest BCUT2D eigenvalue weighted by molar-refractivity contribution is -0.140. The van der Waals surface area contributed by atoms with E-state index in [1.54, 1.807) is 11.3 Å². The van der Waals surface area contributed by atoms with Crippen molar-refractivity contribution in [3.8, 4) is 6.07 Å². The normalized spacial score (nSPS) is 21.7. The Morgan fingerprint density at radius 3 is 2.50 bits per heavy atom. The molecule has 118 valence electrons. The van der Waals surface area contributed by atoms with Gasteiger partial charge in [-0.15, -0.1) is 11.3 Å². The van der Waals surface area contributed by atoms with Crippen molar-refractivity contribution in [2.24, 2.45) is 5.41 Å². The van der Waals surface area contributed by atoms with E-state index in [2.05, 4.69) is 17.0 Å². The first kappa shape index (κ1) is 15.8. The van der Waals surface area contributed by atoms with Crippen molar-refractivity contribution in [1.29, 1.82) is 5.26 Å². The zero-order chi connectivity index (χ0) is 15.6. The van der Waals surface area contributed by atoms with Gasteiger partial charge in [-0.1, -0.05) is 24.4 Å². The monoisotopic (exact) mass is 337 g/mol. The number of halogens is 1. The van der Waals surface area contributed by atoms with Gasteiger partial charge in [-0.05, 0) is 25.0 Å². The molecule has 0 atom stereocenters. The Hall–Kier alpha value is -1.09. The Morgan fingerprint density at radius 1 is 1.27 bits per heavy atom. The fourth-order valence-corrected chi connectivity index (χ4v) is 4.55. The second kappa shape index (κ2) is 6.57. The van der Waals surface area contributed by atoms with Crippen molar-refractivity contribution in [3.05, 3.63) is 21.3 Å². The molecule has 3 rings (SSSR count). The maximum atomic E-state index is 12.7. The lowest BCUT2D eigenvalue weighted by atomic mass is 9.86. The van der Waals surface area contributed by atoms with Crippen LogP contribution in [0.2, 0.25) is 4.34 Å². The smallest absolute Gasteiger partial charge is 0.243 e. The summed E-state index contributed by atoms with van der Waals surface area (Å²) in [6, 6.07) is 6.30. The molecule has 22 heavy (non-hydrogen) atoms. The quantitative estimate of drug-likeness (QED) is 0.851. The summed E-state index contributed by atoms with van der Waals surface area (Å²) >= 11 is 7.58. The molecule has 2 fully saturated rings. The van der Waals surface area contributed by atoms with Gasteiger partial charge in [0.25, 0.3) is 0 Å². The van der Waals surface area contributed by atoms with Crippen LogP contribution in [0, 0.1) is 16.7 Å². The molecule has 0 N–H and O–H groups in total. The van der Waals surface area contributed by atoms with Crippen molar-refractivity contribution in [3.63, 3.8) is 0 Å². The zero-order valence-corrected chi connectivity index (χ0v) is 14.1. The second-order valence-electron chi connectivity index (χ2n) is 6.18. The number of piperazine rings is 1. The van der Waals surface area contributed by atoms with Crippen molar-refractivity contribution in [1.82, 2.24) is 9.80 Å². The number of carbonyl (C=O) groups excluding carboxylic acids is 1. The first-order valence-corrected chi connectivity index (χ1v) is 9.00. The van der Waals surface area contributed by atoms with Gasteiger partial charge in [0.1, 0.15) is 5.41 Å². The molecule has 2 aliphatic rings. The molecule has 0 spiro atoms. The molecule has 1 aromatic rings. The minimum absolute atomic E-state index is 0.0614. The SMILES string of the molecule is N#CC1(C(=O)N2CCN(Cc3ccc(Cl)s3)CC2)CCCC1. The Bertz CT molecular complexity index is 580. The van der Waals surface area contributed by atoms with Crippen molar-refractivity contribution >= 4 is 28.8 Å². The second-order valence-corrected chi connectivity index (χ2v) is 7.97. The standard InChI is InChI=1S/C16H20ClN3OS/c17-14-4-3-13(22-14)11-19-7-9-20(10-8-19)15(21)16(12-18)5-1-2-6-16/h3-4H,1-2,5-11H2. The zero-order valence-electron chi connectivity index (χ0n) is 12.6. The van der Waals surface area contributed by atoms with Gasteiger partial charge in [0.05, 0.1) is 10.4 Å². The first-order valence-electron chi connectivity index (χ1n) is 7.80. The Morgan fingerprint density at radius 2 is 1.95 bits per heavy atom. The summed E-state index contributed by atoms with van der Waals surface area (Å²) in [4.78, 5) is 18.2. The fraction of sp³-hybridized carbons (Fsp3) is 0.625. The van der Waals surface area contributed by atoms with Crippen LogP contribution in [0.25, 0.3) is 0 Å². The molecule has 0 bridgehead atoms. The van der Waals surface area contributed by atoms with Crippen LogP contribution in [0.4, 0.5) is 0 Å². The molecule has 4 nitrogen and oxygen atoms in total. The van der Waals surface area contributed by atoms with Crippen LogP contribution < -0.4 is 0 Å². The largest absolute Gasteiger partial charge is 0.339 e. The highest BCUT2D eigenvalue weighted by atomic mass is 35.5. The third-order valence-corrected chi connectivity index (χ3v) is 5.96. The maximum absolute atomic E-state index is 12.7. The lowest BCUT2D eigenvalue weighted by Gasteiger charge is -2.37. The Kier molecular flexibility index (Phi) is 4.72. The van der Waals surface area contributed by atoms with Crippen LogP contribution in [0.3, 0.4) is 0 Å². The van der Waals surface area contributed by atoms with Crippen LogP contribution in [-0.2, 0) is 11.3 Å². The van der Waals surface area contributed by atoms with E-state index in [1.165, 1.54) is 4.88 Å². The van der Waals surface area contributed by atoms with Crippen molar-refractivity contribution in [2.45, 2.75) is 32.2 Å². The van der Waals surface area contributed by atoms with Gasteiger partial charge in [0.2, 0.25) is 5.91 Å². The summed E-state index contributed by atoms with van der Waals surface area (Å²) in [5.41, 5.74) is -0.733. The Labute approximate surface area is 140 Å². The number of amides is 1. The number of nitrogens with zero attached hydrogens (tertiary/aromatic N) is 3. The minimum atomic E-state index is -0.733. The van der Waals surface area contributed by atoms with Gasteiger partial charge in [-0.2, -0.15) is 5.26 Å². The number of hydrogen-bond donors (Lipinski definition) is 0. The summed E-state index contributed by atoms with van der Waals surface area (Å²) in [7, 11) is 0. The molecule has 1 saturated heterocycles. The summed E-state index contributed by atoms with van der Waals surface area (Å²) < 4.78 is 0.820.